The number of rotatable bonds is 9. The lowest BCUT2D eigenvalue weighted by molar-refractivity contribution is -0.148. The molecule has 7 heteroatoms. The van der Waals surface area contributed by atoms with Crippen LogP contribution in [0.25, 0.3) is 0 Å². The van der Waals surface area contributed by atoms with Crippen LogP contribution in [-0.4, -0.2) is 66.2 Å². The molecule has 0 bridgehead atoms. The second kappa shape index (κ2) is 11.4. The molecule has 1 aliphatic carbocycles. The first-order valence-corrected chi connectivity index (χ1v) is 11.8. The molecule has 7 nitrogen and oxygen atoms in total. The summed E-state index contributed by atoms with van der Waals surface area (Å²) in [6, 6.07) is 0. The molecule has 180 valence electrons. The van der Waals surface area contributed by atoms with Gasteiger partial charge in [0.25, 0.3) is 5.91 Å². The second-order valence-corrected chi connectivity index (χ2v) is 8.82. The van der Waals surface area contributed by atoms with E-state index in [0.717, 1.165) is 17.8 Å². The molecule has 2 aliphatic heterocycles. The van der Waals surface area contributed by atoms with Gasteiger partial charge < -0.3 is 19.1 Å². The topological polar surface area (TPSA) is 68.3 Å². The third kappa shape index (κ3) is 6.60. The van der Waals surface area contributed by atoms with E-state index in [1.165, 1.54) is 0 Å². The van der Waals surface area contributed by atoms with Crippen LogP contribution in [-0.2, 0) is 23.8 Å². The molecule has 0 aromatic heterocycles. The van der Waals surface area contributed by atoms with Gasteiger partial charge in [-0.05, 0) is 58.8 Å². The number of allylic oxidation sites excluding steroid dienone is 7. The standard InChI is InChI=1S/C26H36N2O5/c1-6-14-31-20(4)15-27(16-22-9-7-8-19(3)32-22)25(29)17-28-23-12-10-18(2)11-13-24(23)33-21(5)26(28)30/h7-9,11-13,20-22H,6,10,14-17H2,1-5H3. The zero-order chi connectivity index (χ0) is 24.0. The molecule has 1 saturated heterocycles. The number of hydrogen-bond acceptors (Lipinski definition) is 5. The average molecular weight is 457 g/mol. The number of nitrogens with zero attached hydrogens (tertiary/aromatic N) is 2. The fourth-order valence-corrected chi connectivity index (χ4v) is 3.96. The molecule has 3 unspecified atom stereocenters. The van der Waals surface area contributed by atoms with Crippen molar-refractivity contribution in [2.45, 2.75) is 65.8 Å². The van der Waals surface area contributed by atoms with E-state index in [1.807, 2.05) is 57.2 Å². The van der Waals surface area contributed by atoms with Gasteiger partial charge >= 0.3 is 0 Å². The normalized spacial score (nSPS) is 23.2. The molecule has 1 fully saturated rings. The van der Waals surface area contributed by atoms with Gasteiger partial charge in [0.1, 0.15) is 18.4 Å². The first-order chi connectivity index (χ1) is 15.8. The van der Waals surface area contributed by atoms with Crippen molar-refractivity contribution in [2.75, 3.05) is 26.2 Å². The maximum absolute atomic E-state index is 13.5. The molecule has 33 heavy (non-hydrogen) atoms. The van der Waals surface area contributed by atoms with Crippen molar-refractivity contribution in [3.05, 3.63) is 59.2 Å². The van der Waals surface area contributed by atoms with E-state index in [0.29, 0.717) is 37.6 Å². The lowest BCUT2D eigenvalue weighted by atomic mass is 10.1. The van der Waals surface area contributed by atoms with Gasteiger partial charge in [0.05, 0.1) is 24.1 Å². The zero-order valence-corrected chi connectivity index (χ0v) is 20.4. The Kier molecular flexibility index (Phi) is 8.55. The molecule has 0 radical (unpaired) electrons. The van der Waals surface area contributed by atoms with Crippen LogP contribution in [0.3, 0.4) is 0 Å². The van der Waals surface area contributed by atoms with Crippen molar-refractivity contribution in [3.8, 4) is 0 Å². The van der Waals surface area contributed by atoms with Crippen molar-refractivity contribution >= 4 is 11.8 Å². The quantitative estimate of drug-likeness (QED) is 0.527. The predicted molar refractivity (Wildman–Crippen MR) is 127 cm³/mol. The van der Waals surface area contributed by atoms with Crippen LogP contribution in [0.15, 0.2) is 59.2 Å². The predicted octanol–water partition coefficient (Wildman–Crippen LogP) is 3.85. The fraction of sp³-hybridized carbons (Fsp3) is 0.538. The van der Waals surface area contributed by atoms with Gasteiger partial charge in [-0.25, -0.2) is 0 Å². The Balaban J connectivity index is 1.78. The van der Waals surface area contributed by atoms with E-state index in [4.69, 9.17) is 14.2 Å². The van der Waals surface area contributed by atoms with E-state index in [-0.39, 0.29) is 30.6 Å². The summed E-state index contributed by atoms with van der Waals surface area (Å²) < 4.78 is 17.5. The molecule has 0 aromatic carbocycles. The van der Waals surface area contributed by atoms with Crippen LogP contribution in [0.4, 0.5) is 0 Å². The molecule has 3 atom stereocenters. The zero-order valence-electron chi connectivity index (χ0n) is 20.4. The number of carbonyl (C=O) groups excluding carboxylic acids is 2. The van der Waals surface area contributed by atoms with Crippen molar-refractivity contribution in [1.29, 1.82) is 0 Å². The number of morpholine rings is 1. The summed E-state index contributed by atoms with van der Waals surface area (Å²) in [6.45, 7) is 11.0. The van der Waals surface area contributed by atoms with Gasteiger partial charge in [-0.3, -0.25) is 14.5 Å². The second-order valence-electron chi connectivity index (χ2n) is 8.82. The number of hydrogen-bond donors (Lipinski definition) is 0. The van der Waals surface area contributed by atoms with Gasteiger partial charge in [-0.2, -0.15) is 0 Å². The van der Waals surface area contributed by atoms with Gasteiger partial charge in [0.2, 0.25) is 5.91 Å². The largest absolute Gasteiger partial charge is 0.489 e. The molecule has 2 amide bonds. The number of amides is 2. The Hall–Kier alpha value is -2.80. The number of ether oxygens (including phenoxy) is 3. The lowest BCUT2D eigenvalue weighted by Crippen LogP contribution is -2.51. The number of carbonyl (C=O) groups is 2. The van der Waals surface area contributed by atoms with Crippen LogP contribution >= 0.6 is 0 Å². The minimum Gasteiger partial charge on any atom is -0.489 e. The SMILES string of the molecule is CCCOC(C)CN(CC1C=CC=C(C)O1)C(=O)CN1C(=O)C(C)OC2=CC=C(C)CC=C21. The highest BCUT2D eigenvalue weighted by Gasteiger charge is 2.36. The van der Waals surface area contributed by atoms with E-state index >= 15 is 0 Å². The molecule has 3 aliphatic rings. The maximum atomic E-state index is 13.5. The van der Waals surface area contributed by atoms with Crippen molar-refractivity contribution < 1.29 is 23.8 Å². The van der Waals surface area contributed by atoms with Crippen LogP contribution in [0.5, 0.6) is 0 Å². The molecule has 3 rings (SSSR count). The first kappa shape index (κ1) is 24.8. The summed E-state index contributed by atoms with van der Waals surface area (Å²) in [5.74, 6) is 1.07. The molecular formula is C26H36N2O5. The van der Waals surface area contributed by atoms with E-state index < -0.39 is 6.10 Å². The third-order valence-electron chi connectivity index (χ3n) is 5.72. The smallest absolute Gasteiger partial charge is 0.268 e. The molecule has 0 saturated carbocycles. The monoisotopic (exact) mass is 456 g/mol. The fourth-order valence-electron chi connectivity index (χ4n) is 3.96. The van der Waals surface area contributed by atoms with Gasteiger partial charge in [-0.15, -0.1) is 0 Å². The Morgan fingerprint density at radius 3 is 2.79 bits per heavy atom. The minimum absolute atomic E-state index is 0.0551. The van der Waals surface area contributed by atoms with Crippen molar-refractivity contribution in [3.63, 3.8) is 0 Å². The maximum Gasteiger partial charge on any atom is 0.268 e. The Labute approximate surface area is 197 Å². The van der Waals surface area contributed by atoms with Crippen LogP contribution < -0.4 is 0 Å². The molecular weight excluding hydrogens is 420 g/mol. The third-order valence-corrected chi connectivity index (χ3v) is 5.72. The van der Waals surface area contributed by atoms with Crippen LogP contribution in [0.2, 0.25) is 0 Å². The highest BCUT2D eigenvalue weighted by atomic mass is 16.5. The van der Waals surface area contributed by atoms with Crippen molar-refractivity contribution in [1.82, 2.24) is 9.80 Å². The van der Waals surface area contributed by atoms with Gasteiger partial charge in [-0.1, -0.05) is 30.7 Å². The van der Waals surface area contributed by atoms with Gasteiger partial charge in [0, 0.05) is 13.2 Å². The van der Waals surface area contributed by atoms with Crippen LogP contribution in [0, 0.1) is 0 Å². The van der Waals surface area contributed by atoms with Crippen LogP contribution in [0.1, 0.15) is 47.5 Å². The molecule has 2 heterocycles. The first-order valence-electron chi connectivity index (χ1n) is 11.8. The highest BCUT2D eigenvalue weighted by Crippen LogP contribution is 2.29. The summed E-state index contributed by atoms with van der Waals surface area (Å²) in [5.41, 5.74) is 1.81. The summed E-state index contributed by atoms with van der Waals surface area (Å²) in [4.78, 5) is 29.8. The Bertz CT molecular complexity index is 898. The van der Waals surface area contributed by atoms with E-state index in [2.05, 4.69) is 6.92 Å². The molecule has 0 aromatic rings. The minimum atomic E-state index is -0.648. The number of fused-ring (bicyclic) bond motifs is 1. The van der Waals surface area contributed by atoms with E-state index in [1.54, 1.807) is 16.7 Å². The summed E-state index contributed by atoms with van der Waals surface area (Å²) in [5, 5.41) is 0. The highest BCUT2D eigenvalue weighted by molar-refractivity contribution is 5.90. The average Bonchev–Trinajstić information content (AvgIpc) is 2.96. The van der Waals surface area contributed by atoms with E-state index in [9.17, 15) is 9.59 Å². The molecule has 0 spiro atoms. The summed E-state index contributed by atoms with van der Waals surface area (Å²) >= 11 is 0. The Morgan fingerprint density at radius 2 is 2.06 bits per heavy atom. The summed E-state index contributed by atoms with van der Waals surface area (Å²) in [6.07, 6.45) is 12.2. The van der Waals surface area contributed by atoms with Crippen molar-refractivity contribution in [2.24, 2.45) is 0 Å². The lowest BCUT2D eigenvalue weighted by Gasteiger charge is -2.36. The Morgan fingerprint density at radius 1 is 1.27 bits per heavy atom. The molecule has 0 N–H and O–H groups in total. The summed E-state index contributed by atoms with van der Waals surface area (Å²) in [7, 11) is 0. The van der Waals surface area contributed by atoms with Gasteiger partial charge in [0.15, 0.2) is 6.10 Å².